The fraction of sp³-hybridized carbons (Fsp3) is 0.294. The maximum Gasteiger partial charge on any atom is 0.164 e. The van der Waals surface area contributed by atoms with Crippen molar-refractivity contribution in [1.29, 1.82) is 0 Å². The first kappa shape index (κ1) is 17.0. The van der Waals surface area contributed by atoms with Crippen molar-refractivity contribution in [1.82, 2.24) is 14.5 Å². The molecule has 3 N–H and O–H groups in total. The second-order valence-corrected chi connectivity index (χ2v) is 6.12. The summed E-state index contributed by atoms with van der Waals surface area (Å²) in [4.78, 5) is 8.02. The second kappa shape index (κ2) is 6.36. The van der Waals surface area contributed by atoms with Crippen molar-refractivity contribution in [2.24, 2.45) is 0 Å². The Morgan fingerprint density at radius 3 is 2.69 bits per heavy atom. The van der Waals surface area contributed by atoms with Gasteiger partial charge in [-0.05, 0) is 23.8 Å². The zero-order valence-electron chi connectivity index (χ0n) is 13.3. The van der Waals surface area contributed by atoms with Crippen LogP contribution in [0.1, 0.15) is 17.9 Å². The van der Waals surface area contributed by atoms with Crippen LogP contribution in [0.4, 0.5) is 8.78 Å². The van der Waals surface area contributed by atoms with Crippen LogP contribution in [0, 0.1) is 11.6 Å². The lowest BCUT2D eigenvalue weighted by Crippen LogP contribution is -2.34. The highest BCUT2D eigenvalue weighted by atomic mass is 19.2. The lowest BCUT2D eigenvalue weighted by atomic mass is 9.99. The van der Waals surface area contributed by atoms with E-state index in [-0.39, 0.29) is 5.56 Å². The summed E-state index contributed by atoms with van der Waals surface area (Å²) in [5.74, 6) is -2.18. The Morgan fingerprint density at radius 1 is 1.12 bits per heavy atom. The van der Waals surface area contributed by atoms with E-state index in [9.17, 15) is 24.1 Å². The molecule has 4 rings (SSSR count). The minimum Gasteiger partial charge on any atom is -0.387 e. The van der Waals surface area contributed by atoms with Gasteiger partial charge in [-0.25, -0.2) is 18.7 Å². The lowest BCUT2D eigenvalue weighted by Gasteiger charge is -2.21. The van der Waals surface area contributed by atoms with Gasteiger partial charge in [-0.15, -0.1) is 0 Å². The third kappa shape index (κ3) is 2.65. The minimum atomic E-state index is -1.46. The van der Waals surface area contributed by atoms with E-state index in [0.717, 1.165) is 12.1 Å². The van der Waals surface area contributed by atoms with Gasteiger partial charge in [-0.1, -0.05) is 6.07 Å². The number of aliphatic hydroxyl groups excluding tert-OH is 3. The van der Waals surface area contributed by atoms with Gasteiger partial charge in [0.15, 0.2) is 17.9 Å². The molecule has 7 nitrogen and oxygen atoms in total. The Balaban J connectivity index is 1.64. The first-order chi connectivity index (χ1) is 12.5. The molecule has 5 unspecified atom stereocenters. The third-order valence-electron chi connectivity index (χ3n) is 4.52. The number of rotatable bonds is 3. The van der Waals surface area contributed by atoms with Crippen LogP contribution in [0.5, 0.6) is 0 Å². The molecule has 26 heavy (non-hydrogen) atoms. The zero-order chi connectivity index (χ0) is 18.4. The molecule has 1 fully saturated rings. The van der Waals surface area contributed by atoms with Crippen LogP contribution in [-0.2, 0) is 4.74 Å². The van der Waals surface area contributed by atoms with Crippen LogP contribution >= 0.6 is 0 Å². The molecule has 3 heterocycles. The molecule has 0 radical (unpaired) electrons. The van der Waals surface area contributed by atoms with Crippen molar-refractivity contribution in [3.8, 4) is 0 Å². The van der Waals surface area contributed by atoms with E-state index in [1.165, 1.54) is 17.0 Å². The molecule has 1 aliphatic rings. The molecular formula is C17H15F2N3O4. The highest BCUT2D eigenvalue weighted by Gasteiger charge is 2.47. The molecule has 0 spiro atoms. The fourth-order valence-electron chi connectivity index (χ4n) is 3.17. The van der Waals surface area contributed by atoms with Crippen molar-refractivity contribution in [2.75, 3.05) is 0 Å². The monoisotopic (exact) mass is 363 g/mol. The molecule has 2 aromatic heterocycles. The molecule has 9 heteroatoms. The van der Waals surface area contributed by atoms with E-state index in [2.05, 4.69) is 9.97 Å². The Kier molecular flexibility index (Phi) is 4.16. The number of nitrogens with zero attached hydrogens (tertiary/aromatic N) is 3. The van der Waals surface area contributed by atoms with Crippen LogP contribution in [0.2, 0.25) is 0 Å². The minimum absolute atomic E-state index is 0.0282. The molecular weight excluding hydrogens is 348 g/mol. The zero-order valence-corrected chi connectivity index (χ0v) is 13.3. The van der Waals surface area contributed by atoms with E-state index in [1.54, 1.807) is 18.5 Å². The van der Waals surface area contributed by atoms with E-state index in [1.807, 2.05) is 0 Å². The number of benzene rings is 1. The third-order valence-corrected chi connectivity index (χ3v) is 4.52. The SMILES string of the molecule is OC(c1ccc(F)c(F)c1)C1OC(n2ccc3cncnc32)C(O)C1O. The van der Waals surface area contributed by atoms with Crippen LogP contribution in [0.25, 0.3) is 11.0 Å². The molecule has 0 aliphatic carbocycles. The average Bonchev–Trinajstić information content (AvgIpc) is 3.19. The summed E-state index contributed by atoms with van der Waals surface area (Å²) in [6.45, 7) is 0. The maximum atomic E-state index is 13.4. The summed E-state index contributed by atoms with van der Waals surface area (Å²) in [6.07, 6.45) is -1.97. The van der Waals surface area contributed by atoms with Gasteiger partial charge in [0.25, 0.3) is 0 Å². The predicted molar refractivity (Wildman–Crippen MR) is 84.8 cm³/mol. The van der Waals surface area contributed by atoms with E-state index < -0.39 is 42.3 Å². The molecule has 0 amide bonds. The number of aliphatic hydroxyl groups is 3. The summed E-state index contributed by atoms with van der Waals surface area (Å²) in [6, 6.07) is 4.61. The van der Waals surface area contributed by atoms with Crippen molar-refractivity contribution < 1.29 is 28.8 Å². The number of fused-ring (bicyclic) bond motifs is 1. The first-order valence-corrected chi connectivity index (χ1v) is 7.88. The Bertz CT molecular complexity index is 951. The highest BCUT2D eigenvalue weighted by Crippen LogP contribution is 2.37. The Hall–Kier alpha value is -2.46. The summed E-state index contributed by atoms with van der Waals surface area (Å²) in [5, 5.41) is 31.8. The molecule has 0 saturated carbocycles. The molecule has 0 bridgehead atoms. The molecule has 1 aliphatic heterocycles. The summed E-state index contributed by atoms with van der Waals surface area (Å²) < 4.78 is 33.7. The summed E-state index contributed by atoms with van der Waals surface area (Å²) >= 11 is 0. The number of halogens is 2. The number of ether oxygens (including phenoxy) is 1. The molecule has 5 atom stereocenters. The van der Waals surface area contributed by atoms with E-state index in [4.69, 9.17) is 4.74 Å². The topological polar surface area (TPSA) is 101 Å². The Morgan fingerprint density at radius 2 is 1.92 bits per heavy atom. The van der Waals surface area contributed by atoms with Gasteiger partial charge in [0, 0.05) is 17.8 Å². The lowest BCUT2D eigenvalue weighted by molar-refractivity contribution is -0.0849. The van der Waals surface area contributed by atoms with E-state index >= 15 is 0 Å². The van der Waals surface area contributed by atoms with Crippen molar-refractivity contribution in [3.05, 3.63) is 60.2 Å². The van der Waals surface area contributed by atoms with Crippen LogP contribution in [-0.4, -0.2) is 48.2 Å². The summed E-state index contributed by atoms with van der Waals surface area (Å²) in [7, 11) is 0. The van der Waals surface area contributed by atoms with Crippen molar-refractivity contribution in [3.63, 3.8) is 0 Å². The van der Waals surface area contributed by atoms with Gasteiger partial charge < -0.3 is 24.6 Å². The van der Waals surface area contributed by atoms with Gasteiger partial charge in [-0.2, -0.15) is 0 Å². The smallest absolute Gasteiger partial charge is 0.164 e. The van der Waals surface area contributed by atoms with Gasteiger partial charge in [-0.3, -0.25) is 0 Å². The largest absolute Gasteiger partial charge is 0.387 e. The van der Waals surface area contributed by atoms with Gasteiger partial charge in [0.2, 0.25) is 0 Å². The quantitative estimate of drug-likeness (QED) is 0.643. The number of aromatic nitrogens is 3. The normalized spacial score (nSPS) is 27.1. The highest BCUT2D eigenvalue weighted by molar-refractivity contribution is 5.74. The van der Waals surface area contributed by atoms with Gasteiger partial charge in [0.1, 0.15) is 36.4 Å². The average molecular weight is 363 g/mol. The number of hydrogen-bond acceptors (Lipinski definition) is 6. The second-order valence-electron chi connectivity index (χ2n) is 6.12. The van der Waals surface area contributed by atoms with Crippen molar-refractivity contribution >= 4 is 11.0 Å². The molecule has 1 aromatic carbocycles. The molecule has 136 valence electrons. The predicted octanol–water partition coefficient (Wildman–Crippen LogP) is 1.06. The Labute approximate surface area is 146 Å². The molecule has 3 aromatic rings. The van der Waals surface area contributed by atoms with Crippen molar-refractivity contribution in [2.45, 2.75) is 30.6 Å². The van der Waals surface area contributed by atoms with Crippen LogP contribution in [0.3, 0.4) is 0 Å². The number of hydrogen-bond donors (Lipinski definition) is 3. The van der Waals surface area contributed by atoms with Crippen LogP contribution < -0.4 is 0 Å². The van der Waals surface area contributed by atoms with Gasteiger partial charge >= 0.3 is 0 Å². The van der Waals surface area contributed by atoms with E-state index in [0.29, 0.717) is 11.0 Å². The standard InChI is InChI=1S/C17H15F2N3O4/c18-10-2-1-8(5-11(10)19)12(23)15-13(24)14(25)17(26-15)22-4-3-9-6-20-7-21-16(9)22/h1-7,12-15,17,23-25H. The molecule has 1 saturated heterocycles. The van der Waals surface area contributed by atoms with Gasteiger partial charge in [0.05, 0.1) is 0 Å². The van der Waals surface area contributed by atoms with Crippen LogP contribution in [0.15, 0.2) is 43.0 Å². The summed E-state index contributed by atoms with van der Waals surface area (Å²) in [5.41, 5.74) is 0.514. The maximum absolute atomic E-state index is 13.4. The fourth-order valence-corrected chi connectivity index (χ4v) is 3.17. The first-order valence-electron chi connectivity index (χ1n) is 7.88.